The van der Waals surface area contributed by atoms with Crippen molar-refractivity contribution in [3.8, 4) is 0 Å². The molecule has 0 heterocycles. The Morgan fingerprint density at radius 3 is 2.58 bits per heavy atom. The van der Waals surface area contributed by atoms with Crippen LogP contribution in [0.15, 0.2) is 18.2 Å². The molecule has 0 aromatic heterocycles. The number of sulfone groups is 1. The molecule has 0 aliphatic heterocycles. The highest BCUT2D eigenvalue weighted by atomic mass is 32.2. The van der Waals surface area contributed by atoms with Crippen LogP contribution in [-0.4, -0.2) is 26.5 Å². The van der Waals surface area contributed by atoms with Gasteiger partial charge in [0.25, 0.3) is 0 Å². The molecule has 1 aromatic rings. The van der Waals surface area contributed by atoms with Gasteiger partial charge in [-0.25, -0.2) is 8.42 Å². The van der Waals surface area contributed by atoms with E-state index in [-0.39, 0.29) is 6.04 Å². The van der Waals surface area contributed by atoms with Gasteiger partial charge in [0.1, 0.15) is 0 Å². The summed E-state index contributed by atoms with van der Waals surface area (Å²) in [6, 6.07) is 6.32. The van der Waals surface area contributed by atoms with E-state index in [0.29, 0.717) is 0 Å². The predicted octanol–water partition coefficient (Wildman–Crippen LogP) is 2.26. The second-order valence-corrected chi connectivity index (χ2v) is 7.85. The van der Waals surface area contributed by atoms with E-state index in [1.54, 1.807) is 6.92 Å². The summed E-state index contributed by atoms with van der Waals surface area (Å²) in [6.45, 7) is 4.56. The van der Waals surface area contributed by atoms with Gasteiger partial charge in [-0.1, -0.05) is 25.1 Å². The van der Waals surface area contributed by atoms with Crippen LogP contribution in [0.5, 0.6) is 0 Å². The second-order valence-electron chi connectivity index (χ2n) is 5.45. The van der Waals surface area contributed by atoms with Crippen LogP contribution >= 0.6 is 0 Å². The van der Waals surface area contributed by atoms with Crippen LogP contribution in [0.25, 0.3) is 0 Å². The molecule has 2 rings (SSSR count). The quantitative estimate of drug-likeness (QED) is 0.900. The molecule has 19 heavy (non-hydrogen) atoms. The van der Waals surface area contributed by atoms with Gasteiger partial charge < -0.3 is 5.32 Å². The van der Waals surface area contributed by atoms with Crippen molar-refractivity contribution in [2.24, 2.45) is 0 Å². The summed E-state index contributed by atoms with van der Waals surface area (Å²) in [6.07, 6.45) is 4.81. The van der Waals surface area contributed by atoms with Gasteiger partial charge in [-0.05, 0) is 49.4 Å². The maximum Gasteiger partial charge on any atom is 0.151 e. The van der Waals surface area contributed by atoms with Crippen molar-refractivity contribution in [3.63, 3.8) is 0 Å². The summed E-state index contributed by atoms with van der Waals surface area (Å²) in [5, 5.41) is 2.91. The molecule has 0 saturated carbocycles. The Hall–Kier alpha value is -0.870. The van der Waals surface area contributed by atoms with Crippen molar-refractivity contribution >= 4 is 9.84 Å². The van der Waals surface area contributed by atoms with Gasteiger partial charge >= 0.3 is 0 Å². The van der Waals surface area contributed by atoms with E-state index < -0.39 is 15.1 Å². The van der Waals surface area contributed by atoms with Gasteiger partial charge in [0.2, 0.25) is 0 Å². The highest BCUT2D eigenvalue weighted by Crippen LogP contribution is 2.28. The summed E-state index contributed by atoms with van der Waals surface area (Å²) in [4.78, 5) is 0. The minimum atomic E-state index is -3.05. The minimum absolute atomic E-state index is 0.120. The highest BCUT2D eigenvalue weighted by molar-refractivity contribution is 7.91. The number of hydrogen-bond donors (Lipinski definition) is 1. The fourth-order valence-electron chi connectivity index (χ4n) is 2.81. The van der Waals surface area contributed by atoms with Gasteiger partial charge in [-0.15, -0.1) is 0 Å². The van der Waals surface area contributed by atoms with E-state index >= 15 is 0 Å². The number of hydrogen-bond acceptors (Lipinski definition) is 3. The molecule has 2 atom stereocenters. The van der Waals surface area contributed by atoms with Gasteiger partial charge in [0, 0.05) is 12.3 Å². The van der Waals surface area contributed by atoms with Crippen molar-refractivity contribution < 1.29 is 8.42 Å². The van der Waals surface area contributed by atoms with E-state index in [0.717, 1.165) is 24.9 Å². The SMILES string of the molecule is CCNC(c1ccc2c(c1)CCC2)C(C)S(C)(=O)=O. The van der Waals surface area contributed by atoms with Gasteiger partial charge in [-0.3, -0.25) is 0 Å². The number of rotatable bonds is 5. The Labute approximate surface area is 116 Å². The molecule has 1 N–H and O–H groups in total. The molecular formula is C15H23NO2S. The number of fused-ring (bicyclic) bond motifs is 1. The Kier molecular flexibility index (Phi) is 4.31. The van der Waals surface area contributed by atoms with Crippen molar-refractivity contribution in [1.29, 1.82) is 0 Å². The molecule has 2 unspecified atom stereocenters. The van der Waals surface area contributed by atoms with Crippen LogP contribution in [-0.2, 0) is 22.7 Å². The molecule has 0 amide bonds. The fraction of sp³-hybridized carbons (Fsp3) is 0.600. The fourth-order valence-corrected chi connectivity index (χ4v) is 3.55. The maximum absolute atomic E-state index is 11.8. The zero-order chi connectivity index (χ0) is 14.0. The van der Waals surface area contributed by atoms with Crippen LogP contribution in [0.3, 0.4) is 0 Å². The second kappa shape index (κ2) is 5.63. The average molecular weight is 281 g/mol. The molecule has 106 valence electrons. The number of nitrogens with one attached hydrogen (secondary N) is 1. The third-order valence-corrected chi connectivity index (χ3v) is 5.67. The smallest absolute Gasteiger partial charge is 0.151 e. The van der Waals surface area contributed by atoms with Crippen molar-refractivity contribution in [3.05, 3.63) is 34.9 Å². The molecule has 0 bridgehead atoms. The normalized spacial score (nSPS) is 18.1. The first-order valence-electron chi connectivity index (χ1n) is 6.97. The molecule has 0 saturated heterocycles. The van der Waals surface area contributed by atoms with E-state index in [4.69, 9.17) is 0 Å². The van der Waals surface area contributed by atoms with Crippen LogP contribution in [0.2, 0.25) is 0 Å². The van der Waals surface area contributed by atoms with Crippen molar-refractivity contribution in [1.82, 2.24) is 5.32 Å². The molecule has 1 aliphatic carbocycles. The third-order valence-electron chi connectivity index (χ3n) is 4.05. The molecule has 1 aliphatic rings. The number of benzene rings is 1. The Morgan fingerprint density at radius 2 is 1.95 bits per heavy atom. The van der Waals surface area contributed by atoms with Crippen LogP contribution in [0.4, 0.5) is 0 Å². The van der Waals surface area contributed by atoms with Crippen molar-refractivity contribution in [2.75, 3.05) is 12.8 Å². The van der Waals surface area contributed by atoms with E-state index in [1.165, 1.54) is 23.8 Å². The topological polar surface area (TPSA) is 46.2 Å². The molecule has 0 radical (unpaired) electrons. The molecule has 3 nitrogen and oxygen atoms in total. The van der Waals surface area contributed by atoms with Crippen LogP contribution in [0.1, 0.15) is 43.0 Å². The van der Waals surface area contributed by atoms with Crippen LogP contribution in [0, 0.1) is 0 Å². The molecular weight excluding hydrogens is 258 g/mol. The first-order valence-corrected chi connectivity index (χ1v) is 8.93. The van der Waals surface area contributed by atoms with E-state index in [1.807, 2.05) is 6.92 Å². The number of aryl methyl sites for hydroxylation is 2. The average Bonchev–Trinajstić information content (AvgIpc) is 2.81. The zero-order valence-corrected chi connectivity index (χ0v) is 12.8. The Bertz CT molecular complexity index is 551. The molecule has 0 spiro atoms. The Morgan fingerprint density at radius 1 is 1.26 bits per heavy atom. The molecule has 1 aromatic carbocycles. The Balaban J connectivity index is 2.34. The predicted molar refractivity (Wildman–Crippen MR) is 79.2 cm³/mol. The first-order chi connectivity index (χ1) is 8.93. The lowest BCUT2D eigenvalue weighted by molar-refractivity contribution is 0.512. The molecule has 4 heteroatoms. The summed E-state index contributed by atoms with van der Waals surface area (Å²) < 4.78 is 23.6. The monoisotopic (exact) mass is 281 g/mol. The lowest BCUT2D eigenvalue weighted by Gasteiger charge is -2.24. The molecule has 0 fully saturated rings. The summed E-state index contributed by atoms with van der Waals surface area (Å²) in [5.74, 6) is 0. The summed E-state index contributed by atoms with van der Waals surface area (Å²) in [5.41, 5.74) is 3.91. The summed E-state index contributed by atoms with van der Waals surface area (Å²) in [7, 11) is -3.05. The van der Waals surface area contributed by atoms with Crippen LogP contribution < -0.4 is 5.32 Å². The summed E-state index contributed by atoms with van der Waals surface area (Å²) >= 11 is 0. The highest BCUT2D eigenvalue weighted by Gasteiger charge is 2.27. The maximum atomic E-state index is 11.8. The first kappa shape index (κ1) is 14.5. The third kappa shape index (κ3) is 3.18. The van der Waals surface area contributed by atoms with Gasteiger partial charge in [0.15, 0.2) is 9.84 Å². The van der Waals surface area contributed by atoms with Crippen molar-refractivity contribution in [2.45, 2.75) is 44.4 Å². The standard InChI is InChI=1S/C15H23NO2S/c1-4-16-15(11(2)19(3,17)18)14-9-8-12-6-5-7-13(12)10-14/h8-11,15-16H,4-7H2,1-3H3. The lowest BCUT2D eigenvalue weighted by atomic mass is 9.99. The van der Waals surface area contributed by atoms with Gasteiger partial charge in [-0.2, -0.15) is 0 Å². The van der Waals surface area contributed by atoms with Gasteiger partial charge in [0.05, 0.1) is 5.25 Å². The largest absolute Gasteiger partial charge is 0.309 e. The minimum Gasteiger partial charge on any atom is -0.309 e. The van der Waals surface area contributed by atoms with E-state index in [2.05, 4.69) is 23.5 Å². The lowest BCUT2D eigenvalue weighted by Crippen LogP contribution is -2.35. The van der Waals surface area contributed by atoms with E-state index in [9.17, 15) is 8.42 Å². The zero-order valence-electron chi connectivity index (χ0n) is 11.9.